The Morgan fingerprint density at radius 3 is 0.817 bits per heavy atom. The Balaban J connectivity index is 0. The highest BCUT2D eigenvalue weighted by atomic mass is 14.1. The molecule has 0 aliphatic carbocycles. The van der Waals surface area contributed by atoms with Gasteiger partial charge in [-0.25, -0.2) is 0 Å². The van der Waals surface area contributed by atoms with Gasteiger partial charge < -0.3 is 0 Å². The van der Waals surface area contributed by atoms with Gasteiger partial charge in [-0.15, -0.1) is 13.2 Å². The Morgan fingerprint density at radius 1 is 0.383 bits per heavy atom. The molecule has 0 aliphatic rings. The lowest BCUT2D eigenvalue weighted by Gasteiger charge is -2.10. The van der Waals surface area contributed by atoms with Crippen LogP contribution in [0.25, 0.3) is 24.3 Å². The number of rotatable bonds is 12. The van der Waals surface area contributed by atoms with Crippen LogP contribution in [0.15, 0.2) is 216 Å². The standard InChI is InChI=1S/2C23H24.2C5H10.2C2H6/c2*1-18(15-16-22-11-7-5-8-12-22)20(3)21(4)19(2)17-23-13-9-6-10-14-23;2*1-4-5(2)3;2*1-2/h2*5-17H,4H2,1-3H3;2*2,4H2,1,3H3;2*1-2H3/b2*16-15+,19-17+,20-18?;;;;. The van der Waals surface area contributed by atoms with E-state index in [1.807, 2.05) is 65.8 Å². The first kappa shape index (κ1) is 56.4. The molecule has 0 nitrogen and oxygen atoms in total. The van der Waals surface area contributed by atoms with E-state index in [1.165, 1.54) is 66.8 Å². The van der Waals surface area contributed by atoms with Gasteiger partial charge in [0.25, 0.3) is 0 Å². The molecule has 0 amide bonds. The fourth-order valence-electron chi connectivity index (χ4n) is 4.66. The van der Waals surface area contributed by atoms with Crippen LogP contribution in [0.4, 0.5) is 0 Å². The fraction of sp³-hybridized carbons (Fsp3) is 0.267. The van der Waals surface area contributed by atoms with Crippen molar-refractivity contribution in [3.63, 3.8) is 0 Å². The summed E-state index contributed by atoms with van der Waals surface area (Å²) >= 11 is 0. The van der Waals surface area contributed by atoms with Crippen molar-refractivity contribution in [3.05, 3.63) is 238 Å². The SMILES string of the molecule is C=C(C(C)=C(C)/C=C/c1ccccc1)/C(C)=C/c1ccccc1.C=C(C(C)=C(C)/C=C/c1ccccc1)/C(C)=C/c1ccccc1.C=C(C)CC.C=C(C)CC.CC.CC. The van der Waals surface area contributed by atoms with Crippen LogP contribution in [0.2, 0.25) is 0 Å². The maximum atomic E-state index is 4.27. The van der Waals surface area contributed by atoms with Gasteiger partial charge in [0.2, 0.25) is 0 Å². The van der Waals surface area contributed by atoms with Gasteiger partial charge in [-0.05, 0) is 135 Å². The van der Waals surface area contributed by atoms with Crippen molar-refractivity contribution in [3.8, 4) is 0 Å². The Morgan fingerprint density at radius 2 is 0.600 bits per heavy atom. The van der Waals surface area contributed by atoms with Crippen molar-refractivity contribution in [2.24, 2.45) is 0 Å². The van der Waals surface area contributed by atoms with E-state index in [-0.39, 0.29) is 0 Å². The van der Waals surface area contributed by atoms with Crippen LogP contribution < -0.4 is 0 Å². The quantitative estimate of drug-likeness (QED) is 0.0989. The average Bonchev–Trinajstić information content (AvgIpc) is 3.29. The second-order valence-electron chi connectivity index (χ2n) is 14.2. The predicted molar refractivity (Wildman–Crippen MR) is 279 cm³/mol. The minimum absolute atomic E-state index is 1.09. The summed E-state index contributed by atoms with van der Waals surface area (Å²) in [6.45, 7) is 44.9. The summed E-state index contributed by atoms with van der Waals surface area (Å²) in [5, 5.41) is 0. The molecule has 4 aromatic rings. The minimum Gasteiger partial charge on any atom is -0.100 e. The maximum absolute atomic E-state index is 4.27. The van der Waals surface area contributed by atoms with Crippen LogP contribution in [0.5, 0.6) is 0 Å². The summed E-state index contributed by atoms with van der Waals surface area (Å²) in [5.74, 6) is 0. The molecule has 0 N–H and O–H groups in total. The molecule has 4 rings (SSSR count). The molecule has 0 saturated carbocycles. The van der Waals surface area contributed by atoms with E-state index in [0.717, 1.165) is 24.0 Å². The Hall–Kier alpha value is -5.72. The van der Waals surface area contributed by atoms with Crippen molar-refractivity contribution in [1.29, 1.82) is 0 Å². The van der Waals surface area contributed by atoms with Crippen LogP contribution in [-0.4, -0.2) is 0 Å². The molecule has 60 heavy (non-hydrogen) atoms. The first-order valence-electron chi connectivity index (χ1n) is 21.7. The zero-order valence-corrected chi connectivity index (χ0v) is 40.3. The summed E-state index contributed by atoms with van der Waals surface area (Å²) in [5.41, 5.74) is 16.8. The summed E-state index contributed by atoms with van der Waals surface area (Å²) < 4.78 is 0. The minimum atomic E-state index is 1.09. The van der Waals surface area contributed by atoms with Crippen molar-refractivity contribution in [2.45, 2.75) is 110 Å². The topological polar surface area (TPSA) is 0 Å². The van der Waals surface area contributed by atoms with Crippen LogP contribution in [-0.2, 0) is 0 Å². The monoisotopic (exact) mass is 801 g/mol. The molecule has 0 heterocycles. The number of hydrogen-bond acceptors (Lipinski definition) is 0. The summed E-state index contributed by atoms with van der Waals surface area (Å²) in [4.78, 5) is 0. The second-order valence-corrected chi connectivity index (χ2v) is 14.2. The Labute approximate surface area is 370 Å². The van der Waals surface area contributed by atoms with Gasteiger partial charge in [-0.1, -0.05) is 224 Å². The number of benzene rings is 4. The van der Waals surface area contributed by atoms with E-state index in [2.05, 4.69) is 215 Å². The average molecular weight is 801 g/mol. The fourth-order valence-corrected chi connectivity index (χ4v) is 4.66. The summed E-state index contributed by atoms with van der Waals surface area (Å²) in [7, 11) is 0. The molecular formula is C60H80. The molecule has 0 aromatic heterocycles. The molecule has 0 atom stereocenters. The predicted octanol–water partition coefficient (Wildman–Crippen LogP) is 19.4. The van der Waals surface area contributed by atoms with Crippen LogP contribution in [0.1, 0.15) is 132 Å². The van der Waals surface area contributed by atoms with Crippen LogP contribution in [0, 0.1) is 0 Å². The van der Waals surface area contributed by atoms with E-state index in [0.29, 0.717) is 0 Å². The highest BCUT2D eigenvalue weighted by Crippen LogP contribution is 2.24. The molecule has 0 heteroatoms. The van der Waals surface area contributed by atoms with Crippen LogP contribution in [0.3, 0.4) is 0 Å². The zero-order chi connectivity index (χ0) is 45.9. The van der Waals surface area contributed by atoms with Gasteiger partial charge in [0.05, 0.1) is 0 Å². The molecule has 0 bridgehead atoms. The molecule has 4 aromatic carbocycles. The largest absolute Gasteiger partial charge is 0.100 e. The third-order valence-corrected chi connectivity index (χ3v) is 9.26. The van der Waals surface area contributed by atoms with Gasteiger partial charge in [0.15, 0.2) is 0 Å². The van der Waals surface area contributed by atoms with E-state index in [4.69, 9.17) is 0 Å². The molecule has 320 valence electrons. The van der Waals surface area contributed by atoms with Crippen molar-refractivity contribution < 1.29 is 0 Å². The normalized spacial score (nSPS) is 11.5. The van der Waals surface area contributed by atoms with Crippen LogP contribution >= 0.6 is 0 Å². The molecule has 0 radical (unpaired) electrons. The molecule has 0 aliphatic heterocycles. The van der Waals surface area contributed by atoms with Gasteiger partial charge >= 0.3 is 0 Å². The van der Waals surface area contributed by atoms with E-state index < -0.39 is 0 Å². The molecular weight excluding hydrogens is 721 g/mol. The molecule has 0 spiro atoms. The Kier molecular flexibility index (Phi) is 33.1. The zero-order valence-electron chi connectivity index (χ0n) is 40.3. The third kappa shape index (κ3) is 26.3. The highest BCUT2D eigenvalue weighted by molar-refractivity contribution is 5.64. The smallest absolute Gasteiger partial charge is 0.0254 e. The van der Waals surface area contributed by atoms with Gasteiger partial charge in [0.1, 0.15) is 0 Å². The number of allylic oxidation sites excluding steroid dienone is 12. The first-order valence-corrected chi connectivity index (χ1v) is 21.7. The molecule has 0 saturated heterocycles. The maximum Gasteiger partial charge on any atom is -0.0254 e. The lowest BCUT2D eigenvalue weighted by molar-refractivity contribution is 1.11. The highest BCUT2D eigenvalue weighted by Gasteiger charge is 2.04. The lowest BCUT2D eigenvalue weighted by atomic mass is 9.96. The molecule has 0 unspecified atom stereocenters. The summed E-state index contributed by atoms with van der Waals surface area (Å²) in [6, 6.07) is 41.4. The number of hydrogen-bond donors (Lipinski definition) is 0. The third-order valence-electron chi connectivity index (χ3n) is 9.26. The van der Waals surface area contributed by atoms with E-state index in [9.17, 15) is 0 Å². The summed E-state index contributed by atoms with van der Waals surface area (Å²) in [6.07, 6.45) is 15.2. The van der Waals surface area contributed by atoms with E-state index >= 15 is 0 Å². The van der Waals surface area contributed by atoms with Gasteiger partial charge in [-0.3, -0.25) is 0 Å². The lowest BCUT2D eigenvalue weighted by Crippen LogP contribution is -1.89. The van der Waals surface area contributed by atoms with E-state index in [1.54, 1.807) is 0 Å². The van der Waals surface area contributed by atoms with Gasteiger partial charge in [0, 0.05) is 0 Å². The Bertz CT molecular complexity index is 1840. The van der Waals surface area contributed by atoms with Crippen molar-refractivity contribution in [1.82, 2.24) is 0 Å². The molecule has 0 fully saturated rings. The van der Waals surface area contributed by atoms with Gasteiger partial charge in [-0.2, -0.15) is 0 Å². The first-order chi connectivity index (χ1) is 28.7. The van der Waals surface area contributed by atoms with Crippen molar-refractivity contribution >= 4 is 24.3 Å². The second kappa shape index (κ2) is 35.2. The van der Waals surface area contributed by atoms with Crippen molar-refractivity contribution in [2.75, 3.05) is 0 Å².